The number of piperidine rings is 1. The van der Waals surface area contributed by atoms with Crippen LogP contribution in [0.3, 0.4) is 0 Å². The molecule has 1 N–H and O–H groups in total. The Morgan fingerprint density at radius 2 is 1.79 bits per heavy atom. The summed E-state index contributed by atoms with van der Waals surface area (Å²) in [5.41, 5.74) is 1.10. The van der Waals surface area contributed by atoms with Crippen molar-refractivity contribution in [3.05, 3.63) is 70.3 Å². The van der Waals surface area contributed by atoms with Crippen molar-refractivity contribution in [2.45, 2.75) is 65.0 Å². The van der Waals surface area contributed by atoms with Crippen molar-refractivity contribution in [3.8, 4) is 17.2 Å². The number of nitrogens with one attached hydrogen (secondary N) is 1. The second-order valence-corrected chi connectivity index (χ2v) is 12.8. The number of hydrogen-bond acceptors (Lipinski definition) is 5. The number of pyridine rings is 1. The van der Waals surface area contributed by atoms with E-state index >= 15 is 4.39 Å². The number of likely N-dealkylation sites (tertiary alicyclic amines) is 1. The lowest BCUT2D eigenvalue weighted by molar-refractivity contribution is 0.0924. The molecule has 224 valence electrons. The Morgan fingerprint density at radius 1 is 1.05 bits per heavy atom. The summed E-state index contributed by atoms with van der Waals surface area (Å²) in [7, 11) is 0. The lowest BCUT2D eigenvalue weighted by atomic mass is 9.97. The first-order valence-corrected chi connectivity index (χ1v) is 15.7. The molecule has 0 aliphatic carbocycles. The molecule has 7 rings (SSSR count). The molecule has 4 aromatic rings. The number of rotatable bonds is 6. The molecule has 3 aliphatic heterocycles. The average molecular weight is 583 g/mol. The highest BCUT2D eigenvalue weighted by molar-refractivity contribution is 6.02. The van der Waals surface area contributed by atoms with Gasteiger partial charge in [-0.2, -0.15) is 0 Å². The number of halogens is 1. The first kappa shape index (κ1) is 27.9. The summed E-state index contributed by atoms with van der Waals surface area (Å²) in [6.45, 7) is 9.47. The van der Waals surface area contributed by atoms with Crippen LogP contribution < -0.4 is 20.4 Å². The molecule has 1 amide bonds. The third kappa shape index (κ3) is 4.85. The van der Waals surface area contributed by atoms with Crippen molar-refractivity contribution < 1.29 is 13.9 Å². The number of anilines is 1. The number of ether oxygens (including phenoxy) is 1. The molecule has 0 saturated carbocycles. The second kappa shape index (κ2) is 11.0. The number of amides is 1. The predicted molar refractivity (Wildman–Crippen MR) is 170 cm³/mol. The lowest BCUT2D eigenvalue weighted by Gasteiger charge is -2.39. The molecule has 0 spiro atoms. The zero-order valence-corrected chi connectivity index (χ0v) is 25.2. The van der Waals surface area contributed by atoms with Crippen LogP contribution in [0.4, 0.5) is 10.1 Å². The smallest absolute Gasteiger partial charge is 0.256 e. The summed E-state index contributed by atoms with van der Waals surface area (Å²) in [5, 5.41) is 5.11. The van der Waals surface area contributed by atoms with Gasteiger partial charge in [-0.1, -0.05) is 37.6 Å². The topological polar surface area (TPSA) is 66.8 Å². The minimum absolute atomic E-state index is 0.00103. The Balaban J connectivity index is 1.28. The van der Waals surface area contributed by atoms with Crippen molar-refractivity contribution in [2.24, 2.45) is 5.92 Å². The van der Waals surface area contributed by atoms with Gasteiger partial charge in [0.15, 0.2) is 17.3 Å². The van der Waals surface area contributed by atoms with Gasteiger partial charge in [0.2, 0.25) is 5.43 Å². The molecule has 3 atom stereocenters. The number of aromatic nitrogens is 1. The third-order valence-corrected chi connectivity index (χ3v) is 9.71. The first-order chi connectivity index (χ1) is 20.8. The van der Waals surface area contributed by atoms with Crippen LogP contribution in [0.15, 0.2) is 53.5 Å². The monoisotopic (exact) mass is 582 g/mol. The third-order valence-electron chi connectivity index (χ3n) is 9.71. The summed E-state index contributed by atoms with van der Waals surface area (Å²) in [4.78, 5) is 31.9. The van der Waals surface area contributed by atoms with Gasteiger partial charge in [-0.3, -0.25) is 14.5 Å². The first-order valence-electron chi connectivity index (χ1n) is 15.7. The zero-order chi connectivity index (χ0) is 29.8. The van der Waals surface area contributed by atoms with Crippen LogP contribution in [-0.4, -0.2) is 53.6 Å². The second-order valence-electron chi connectivity index (χ2n) is 12.8. The van der Waals surface area contributed by atoms with Gasteiger partial charge in [0.1, 0.15) is 16.8 Å². The number of benzene rings is 3. The normalized spacial score (nSPS) is 21.7. The molecular formula is C35H39FN4O3. The van der Waals surface area contributed by atoms with Gasteiger partial charge in [0.25, 0.3) is 5.91 Å². The molecule has 3 aromatic carbocycles. The van der Waals surface area contributed by atoms with E-state index in [2.05, 4.69) is 31.0 Å². The molecule has 4 heterocycles. The lowest BCUT2D eigenvalue weighted by Crippen LogP contribution is -2.44. The summed E-state index contributed by atoms with van der Waals surface area (Å²) in [5.74, 6) is 0.374. The predicted octanol–water partition coefficient (Wildman–Crippen LogP) is 6.62. The van der Waals surface area contributed by atoms with Crippen molar-refractivity contribution in [1.29, 1.82) is 0 Å². The van der Waals surface area contributed by atoms with Crippen LogP contribution in [-0.2, 0) is 0 Å². The number of fused-ring (bicyclic) bond motifs is 3. The fourth-order valence-corrected chi connectivity index (χ4v) is 7.36. The van der Waals surface area contributed by atoms with Crippen molar-refractivity contribution >= 4 is 33.3 Å². The fourth-order valence-electron chi connectivity index (χ4n) is 7.36. The zero-order valence-electron chi connectivity index (χ0n) is 25.2. The molecular weight excluding hydrogens is 543 g/mol. The largest absolute Gasteiger partial charge is 0.451 e. The molecule has 0 bridgehead atoms. The van der Waals surface area contributed by atoms with E-state index in [4.69, 9.17) is 4.74 Å². The summed E-state index contributed by atoms with van der Waals surface area (Å²) >= 11 is 0. The van der Waals surface area contributed by atoms with Crippen molar-refractivity contribution in [3.63, 3.8) is 0 Å². The Kier molecular flexibility index (Phi) is 7.12. The number of hydrogen-bond donors (Lipinski definition) is 1. The summed E-state index contributed by atoms with van der Waals surface area (Å²) in [6, 6.07) is 14.3. The van der Waals surface area contributed by atoms with Crippen molar-refractivity contribution in [2.75, 3.05) is 31.1 Å². The van der Waals surface area contributed by atoms with E-state index in [0.29, 0.717) is 66.0 Å². The van der Waals surface area contributed by atoms with Gasteiger partial charge >= 0.3 is 0 Å². The molecule has 7 nitrogen and oxygen atoms in total. The van der Waals surface area contributed by atoms with E-state index in [1.54, 1.807) is 6.20 Å². The van der Waals surface area contributed by atoms with Gasteiger partial charge in [0.05, 0.1) is 11.1 Å². The molecule has 2 saturated heterocycles. The SMILES string of the molecule is CC1CCN(c2c(F)cc3c(=O)c(C(=O)NCCCN4C(C)CCCC4C)cn4c3c2Oc2cc3ccccc3cc2-4)C1. The van der Waals surface area contributed by atoms with Crippen LogP contribution >= 0.6 is 0 Å². The maximum atomic E-state index is 16.0. The van der Waals surface area contributed by atoms with Gasteiger partial charge < -0.3 is 19.5 Å². The van der Waals surface area contributed by atoms with Crippen LogP contribution in [0.25, 0.3) is 27.4 Å². The minimum atomic E-state index is -0.508. The number of nitrogens with zero attached hydrogens (tertiary/aromatic N) is 3. The minimum Gasteiger partial charge on any atom is -0.451 e. The molecule has 43 heavy (non-hydrogen) atoms. The molecule has 8 heteroatoms. The maximum Gasteiger partial charge on any atom is 0.256 e. The highest BCUT2D eigenvalue weighted by Crippen LogP contribution is 2.48. The van der Waals surface area contributed by atoms with E-state index in [-0.39, 0.29) is 10.9 Å². The highest BCUT2D eigenvalue weighted by atomic mass is 19.1. The van der Waals surface area contributed by atoms with E-state index < -0.39 is 17.2 Å². The quantitative estimate of drug-likeness (QED) is 0.228. The van der Waals surface area contributed by atoms with E-state index in [1.807, 2.05) is 45.9 Å². The molecule has 1 aromatic heterocycles. The summed E-state index contributed by atoms with van der Waals surface area (Å²) in [6.07, 6.45) is 7.02. The Labute approximate surface area is 251 Å². The van der Waals surface area contributed by atoms with Crippen LogP contribution in [0.5, 0.6) is 11.5 Å². The Hall–Kier alpha value is -3.91. The Morgan fingerprint density at radius 3 is 2.51 bits per heavy atom. The van der Waals surface area contributed by atoms with Gasteiger partial charge in [-0.15, -0.1) is 0 Å². The molecule has 0 radical (unpaired) electrons. The van der Waals surface area contributed by atoms with Crippen LogP contribution in [0, 0.1) is 11.7 Å². The number of carbonyl (C=O) groups is 1. The molecule has 2 fully saturated rings. The van der Waals surface area contributed by atoms with Crippen molar-refractivity contribution in [1.82, 2.24) is 14.8 Å². The van der Waals surface area contributed by atoms with Gasteiger partial charge in [0, 0.05) is 44.5 Å². The van der Waals surface area contributed by atoms with E-state index in [1.165, 1.54) is 25.3 Å². The Bertz CT molecular complexity index is 1790. The highest BCUT2D eigenvalue weighted by Gasteiger charge is 2.33. The average Bonchev–Trinajstić information content (AvgIpc) is 3.42. The number of carbonyl (C=O) groups excluding carboxylic acids is 1. The van der Waals surface area contributed by atoms with Crippen LogP contribution in [0.1, 0.15) is 63.2 Å². The van der Waals surface area contributed by atoms with Gasteiger partial charge in [-0.05, 0) is 74.4 Å². The fraction of sp³-hybridized carbons (Fsp3) is 0.429. The maximum absolute atomic E-state index is 16.0. The van der Waals surface area contributed by atoms with E-state index in [0.717, 1.165) is 30.2 Å². The molecule has 3 unspecified atom stereocenters. The molecule has 3 aliphatic rings. The summed E-state index contributed by atoms with van der Waals surface area (Å²) < 4.78 is 24.3. The van der Waals surface area contributed by atoms with Crippen LogP contribution in [0.2, 0.25) is 0 Å². The standard InChI is InChI=1S/C35H39FN4O3/c1-21-12-15-38(19-21)32-28(36)18-26-31-34(32)43-30-17-25-11-5-4-10-24(25)16-29(30)40(31)20-27(33(26)41)35(42)37-13-7-14-39-22(2)8-6-9-23(39)3/h4-5,10-11,16-18,20-23H,6-9,12-15,19H2,1-3H3,(H,37,42). The van der Waals surface area contributed by atoms with Gasteiger partial charge in [-0.25, -0.2) is 4.39 Å². The van der Waals surface area contributed by atoms with E-state index in [9.17, 15) is 9.59 Å².